The maximum atomic E-state index is 10.3. The third kappa shape index (κ3) is 3.08. The van der Waals surface area contributed by atoms with Gasteiger partial charge in [0.25, 0.3) is 0 Å². The van der Waals surface area contributed by atoms with Crippen molar-refractivity contribution in [3.05, 3.63) is 0 Å². The second-order valence-electron chi connectivity index (χ2n) is 3.18. The topological polar surface area (TPSA) is 136 Å². The van der Waals surface area contributed by atoms with Crippen LogP contribution >= 0.6 is 0 Å². The number of hydrogen-bond acceptors (Lipinski definition) is 8. The first-order chi connectivity index (χ1) is 6.72. The van der Waals surface area contributed by atoms with Gasteiger partial charge < -0.3 is 24.6 Å². The van der Waals surface area contributed by atoms with Gasteiger partial charge in [0.15, 0.2) is 6.29 Å². The smallest absolute Gasteiger partial charge is 0.218 e. The Labute approximate surface area is 86.0 Å². The average Bonchev–Trinajstić information content (AvgIpc) is 2.08. The van der Waals surface area contributed by atoms with E-state index in [9.17, 15) is 23.2 Å². The molecule has 0 aliphatic carbocycles. The van der Waals surface area contributed by atoms with E-state index in [2.05, 4.69) is 8.92 Å². The zero-order valence-electron chi connectivity index (χ0n) is 7.68. The zero-order chi connectivity index (χ0) is 11.8. The molecule has 0 spiro atoms. The van der Waals surface area contributed by atoms with Crippen molar-refractivity contribution in [1.82, 2.24) is 0 Å². The molecular weight excluding hydrogens is 232 g/mol. The molecule has 1 fully saturated rings. The fraction of sp³-hybridized carbons (Fsp3) is 1.00. The van der Waals surface area contributed by atoms with E-state index in [0.717, 1.165) is 0 Å². The van der Waals surface area contributed by atoms with Crippen molar-refractivity contribution in [2.75, 3.05) is 0 Å². The SMILES string of the molecule is C[C@@H]1O[C@@H](O)[C@@H](O)[C@H](OS(=O)(=O)[O-])[C@@H]1O. The normalized spacial score (nSPS) is 42.9. The Morgan fingerprint density at radius 2 is 1.80 bits per heavy atom. The minimum absolute atomic E-state index is 0.963. The van der Waals surface area contributed by atoms with Crippen molar-refractivity contribution in [1.29, 1.82) is 0 Å². The van der Waals surface area contributed by atoms with Crippen molar-refractivity contribution in [3.63, 3.8) is 0 Å². The Morgan fingerprint density at radius 3 is 2.27 bits per heavy atom. The lowest BCUT2D eigenvalue weighted by Crippen LogP contribution is -2.58. The van der Waals surface area contributed by atoms with Gasteiger partial charge in [-0.05, 0) is 6.92 Å². The van der Waals surface area contributed by atoms with Gasteiger partial charge in [-0.1, -0.05) is 0 Å². The van der Waals surface area contributed by atoms with Gasteiger partial charge in [0.05, 0.1) is 6.10 Å². The van der Waals surface area contributed by atoms with Crippen molar-refractivity contribution in [2.24, 2.45) is 0 Å². The molecule has 1 aliphatic rings. The summed E-state index contributed by atoms with van der Waals surface area (Å²) in [6.45, 7) is 1.33. The molecule has 0 saturated carbocycles. The molecule has 0 aromatic rings. The first kappa shape index (κ1) is 12.8. The minimum Gasteiger partial charge on any atom is -0.726 e. The van der Waals surface area contributed by atoms with Crippen LogP contribution in [-0.4, -0.2) is 59.0 Å². The summed E-state index contributed by atoms with van der Waals surface area (Å²) in [7, 11) is -5.07. The molecule has 5 atom stereocenters. The molecular formula is C6H11O8S-. The molecule has 15 heavy (non-hydrogen) atoms. The predicted molar refractivity (Wildman–Crippen MR) is 43.1 cm³/mol. The molecule has 9 heteroatoms. The number of hydrogen-bond donors (Lipinski definition) is 3. The van der Waals surface area contributed by atoms with Gasteiger partial charge in [0, 0.05) is 0 Å². The maximum Gasteiger partial charge on any atom is 0.218 e. The molecule has 0 bridgehead atoms. The minimum atomic E-state index is -5.07. The van der Waals surface area contributed by atoms with Crippen LogP contribution in [-0.2, 0) is 19.3 Å². The Hall–Kier alpha value is -0.290. The maximum absolute atomic E-state index is 10.3. The van der Waals surface area contributed by atoms with E-state index in [0.29, 0.717) is 0 Å². The van der Waals surface area contributed by atoms with Gasteiger partial charge in [-0.15, -0.1) is 0 Å². The quantitative estimate of drug-likeness (QED) is 0.352. The number of rotatable bonds is 2. The summed E-state index contributed by atoms with van der Waals surface area (Å²) in [6, 6.07) is 0. The summed E-state index contributed by atoms with van der Waals surface area (Å²) in [5, 5.41) is 27.7. The van der Waals surface area contributed by atoms with E-state index >= 15 is 0 Å². The van der Waals surface area contributed by atoms with Crippen LogP contribution in [0.4, 0.5) is 0 Å². The summed E-state index contributed by atoms with van der Waals surface area (Å²) < 4.78 is 39.4. The fourth-order valence-electron chi connectivity index (χ4n) is 1.26. The Morgan fingerprint density at radius 1 is 1.27 bits per heavy atom. The molecule has 0 radical (unpaired) electrons. The van der Waals surface area contributed by atoms with Crippen LogP contribution in [0, 0.1) is 0 Å². The van der Waals surface area contributed by atoms with Gasteiger partial charge in [-0.25, -0.2) is 8.42 Å². The van der Waals surface area contributed by atoms with Gasteiger partial charge in [0.2, 0.25) is 10.4 Å². The first-order valence-corrected chi connectivity index (χ1v) is 5.39. The number of aliphatic hydroxyl groups excluding tert-OH is 3. The Balaban J connectivity index is 2.82. The molecule has 1 rings (SSSR count). The van der Waals surface area contributed by atoms with Crippen molar-refractivity contribution < 1.29 is 37.2 Å². The van der Waals surface area contributed by atoms with Gasteiger partial charge >= 0.3 is 0 Å². The van der Waals surface area contributed by atoms with E-state index in [-0.39, 0.29) is 0 Å². The molecule has 3 N–H and O–H groups in total. The van der Waals surface area contributed by atoms with Crippen molar-refractivity contribution >= 4 is 10.4 Å². The molecule has 0 aromatic carbocycles. The van der Waals surface area contributed by atoms with E-state index in [1.807, 2.05) is 0 Å². The molecule has 1 saturated heterocycles. The zero-order valence-corrected chi connectivity index (χ0v) is 8.49. The largest absolute Gasteiger partial charge is 0.726 e. The highest BCUT2D eigenvalue weighted by molar-refractivity contribution is 7.80. The summed E-state index contributed by atoms with van der Waals surface area (Å²) in [4.78, 5) is 0. The van der Waals surface area contributed by atoms with Crippen LogP contribution < -0.4 is 0 Å². The van der Waals surface area contributed by atoms with Crippen LogP contribution in [0.2, 0.25) is 0 Å². The summed E-state index contributed by atoms with van der Waals surface area (Å²) in [5.74, 6) is 0. The van der Waals surface area contributed by atoms with Gasteiger partial charge in [-0.3, -0.25) is 4.18 Å². The second kappa shape index (κ2) is 4.29. The van der Waals surface area contributed by atoms with E-state index in [4.69, 9.17) is 5.11 Å². The molecule has 0 amide bonds. The van der Waals surface area contributed by atoms with E-state index in [1.165, 1.54) is 6.92 Å². The standard InChI is InChI=1S/C6H12O8S/c1-2-3(7)5(14-15(10,11)12)4(8)6(9)13-2/h2-9H,1H3,(H,10,11,12)/p-1/t2-,3+,4-,5+,6+/m0/s1. The monoisotopic (exact) mass is 243 g/mol. The van der Waals surface area contributed by atoms with Gasteiger partial charge in [0.1, 0.15) is 18.3 Å². The molecule has 1 aliphatic heterocycles. The summed E-state index contributed by atoms with van der Waals surface area (Å²) in [5.41, 5.74) is 0. The van der Waals surface area contributed by atoms with Crippen LogP contribution in [0.3, 0.4) is 0 Å². The van der Waals surface area contributed by atoms with Crippen LogP contribution in [0.1, 0.15) is 6.92 Å². The van der Waals surface area contributed by atoms with E-state index in [1.54, 1.807) is 0 Å². The third-order valence-electron chi connectivity index (χ3n) is 2.03. The molecule has 8 nitrogen and oxygen atoms in total. The molecule has 0 aromatic heterocycles. The Bertz CT molecular complexity index is 299. The van der Waals surface area contributed by atoms with Crippen LogP contribution in [0.15, 0.2) is 0 Å². The van der Waals surface area contributed by atoms with Crippen molar-refractivity contribution in [2.45, 2.75) is 37.6 Å². The highest BCUT2D eigenvalue weighted by Crippen LogP contribution is 2.22. The number of ether oxygens (including phenoxy) is 1. The molecule has 1 heterocycles. The first-order valence-electron chi connectivity index (χ1n) is 4.06. The lowest BCUT2D eigenvalue weighted by atomic mass is 10.0. The molecule has 0 unspecified atom stereocenters. The van der Waals surface area contributed by atoms with Gasteiger partial charge in [-0.2, -0.15) is 0 Å². The lowest BCUT2D eigenvalue weighted by Gasteiger charge is -2.39. The highest BCUT2D eigenvalue weighted by atomic mass is 32.3. The number of aliphatic hydroxyl groups is 3. The second-order valence-corrected chi connectivity index (χ2v) is 4.19. The van der Waals surface area contributed by atoms with Crippen LogP contribution in [0.5, 0.6) is 0 Å². The summed E-state index contributed by atoms with van der Waals surface area (Å²) in [6.07, 6.45) is -7.73. The predicted octanol–water partition coefficient (Wildman–Crippen LogP) is -2.71. The molecule has 90 valence electrons. The lowest BCUT2D eigenvalue weighted by molar-refractivity contribution is -0.272. The highest BCUT2D eigenvalue weighted by Gasteiger charge is 2.44. The van der Waals surface area contributed by atoms with Crippen LogP contribution in [0.25, 0.3) is 0 Å². The third-order valence-corrected chi connectivity index (χ3v) is 2.49. The Kier molecular flexibility index (Phi) is 3.66. The van der Waals surface area contributed by atoms with E-state index < -0.39 is 41.1 Å². The summed E-state index contributed by atoms with van der Waals surface area (Å²) >= 11 is 0. The fourth-order valence-corrected chi connectivity index (χ4v) is 1.76. The van der Waals surface area contributed by atoms with Crippen molar-refractivity contribution in [3.8, 4) is 0 Å². The average molecular weight is 243 g/mol.